The second-order valence-electron chi connectivity index (χ2n) is 4.51. The molecular weight excluding hydrogens is 233 g/mol. The van der Waals surface area contributed by atoms with Gasteiger partial charge in [-0.2, -0.15) is 0 Å². The highest BCUT2D eigenvalue weighted by Gasteiger charge is 2.14. The van der Waals surface area contributed by atoms with Crippen LogP contribution in [0.25, 0.3) is 0 Å². The minimum atomic E-state index is -0.300. The molecule has 4 heteroatoms. The van der Waals surface area contributed by atoms with Crippen molar-refractivity contribution in [2.75, 3.05) is 13.7 Å². The SMILES string of the molecule is COc1cc(F)cc(CCCCN)c1OC(C)C. The van der Waals surface area contributed by atoms with Gasteiger partial charge in [0.2, 0.25) is 0 Å². The molecule has 3 nitrogen and oxygen atoms in total. The fraction of sp³-hybridized carbons (Fsp3) is 0.571. The van der Waals surface area contributed by atoms with Crippen LogP contribution in [0.1, 0.15) is 32.3 Å². The lowest BCUT2D eigenvalue weighted by atomic mass is 10.1. The number of rotatable bonds is 7. The number of hydrogen-bond donors (Lipinski definition) is 1. The van der Waals surface area contributed by atoms with E-state index >= 15 is 0 Å². The van der Waals surface area contributed by atoms with Crippen molar-refractivity contribution >= 4 is 0 Å². The summed E-state index contributed by atoms with van der Waals surface area (Å²) in [6.07, 6.45) is 2.60. The molecule has 0 bridgehead atoms. The topological polar surface area (TPSA) is 44.5 Å². The van der Waals surface area contributed by atoms with E-state index in [0.29, 0.717) is 18.0 Å². The summed E-state index contributed by atoms with van der Waals surface area (Å²) in [5.41, 5.74) is 6.31. The van der Waals surface area contributed by atoms with E-state index in [1.807, 2.05) is 13.8 Å². The molecule has 18 heavy (non-hydrogen) atoms. The highest BCUT2D eigenvalue weighted by Crippen LogP contribution is 2.34. The van der Waals surface area contributed by atoms with Crippen molar-refractivity contribution in [3.05, 3.63) is 23.5 Å². The minimum Gasteiger partial charge on any atom is -0.493 e. The van der Waals surface area contributed by atoms with Gasteiger partial charge in [-0.05, 0) is 45.7 Å². The van der Waals surface area contributed by atoms with E-state index in [0.717, 1.165) is 24.8 Å². The first-order chi connectivity index (χ1) is 8.58. The summed E-state index contributed by atoms with van der Waals surface area (Å²) < 4.78 is 24.4. The maximum absolute atomic E-state index is 13.5. The zero-order valence-corrected chi connectivity index (χ0v) is 11.3. The van der Waals surface area contributed by atoms with Gasteiger partial charge in [-0.25, -0.2) is 4.39 Å². The molecule has 0 spiro atoms. The molecular formula is C14H22FNO2. The average Bonchev–Trinajstić information content (AvgIpc) is 2.31. The van der Waals surface area contributed by atoms with Crippen LogP contribution in [0.3, 0.4) is 0 Å². The van der Waals surface area contributed by atoms with Gasteiger partial charge < -0.3 is 15.2 Å². The van der Waals surface area contributed by atoms with E-state index < -0.39 is 0 Å². The summed E-state index contributed by atoms with van der Waals surface area (Å²) in [6.45, 7) is 4.52. The predicted molar refractivity (Wildman–Crippen MR) is 70.7 cm³/mol. The van der Waals surface area contributed by atoms with Crippen molar-refractivity contribution in [2.45, 2.75) is 39.2 Å². The van der Waals surface area contributed by atoms with E-state index in [1.54, 1.807) is 0 Å². The quantitative estimate of drug-likeness (QED) is 0.762. The number of aryl methyl sites for hydroxylation is 1. The van der Waals surface area contributed by atoms with Crippen molar-refractivity contribution in [3.8, 4) is 11.5 Å². The van der Waals surface area contributed by atoms with Gasteiger partial charge in [0.15, 0.2) is 11.5 Å². The van der Waals surface area contributed by atoms with Crippen LogP contribution in [0.2, 0.25) is 0 Å². The fourth-order valence-corrected chi connectivity index (χ4v) is 1.79. The fourth-order valence-electron chi connectivity index (χ4n) is 1.79. The lowest BCUT2D eigenvalue weighted by Gasteiger charge is -2.17. The number of ether oxygens (including phenoxy) is 2. The lowest BCUT2D eigenvalue weighted by Crippen LogP contribution is -2.09. The third-order valence-corrected chi connectivity index (χ3v) is 2.57. The van der Waals surface area contributed by atoms with Crippen LogP contribution >= 0.6 is 0 Å². The molecule has 0 amide bonds. The number of benzene rings is 1. The Kier molecular flexibility index (Phi) is 5.92. The molecule has 0 saturated heterocycles. The normalized spacial score (nSPS) is 10.8. The Morgan fingerprint density at radius 1 is 1.28 bits per heavy atom. The lowest BCUT2D eigenvalue weighted by molar-refractivity contribution is 0.227. The largest absolute Gasteiger partial charge is 0.493 e. The Balaban J connectivity index is 2.99. The van der Waals surface area contributed by atoms with Crippen molar-refractivity contribution in [1.29, 1.82) is 0 Å². The summed E-state index contributed by atoms with van der Waals surface area (Å²) in [4.78, 5) is 0. The highest BCUT2D eigenvalue weighted by atomic mass is 19.1. The van der Waals surface area contributed by atoms with E-state index in [2.05, 4.69) is 0 Å². The molecule has 0 radical (unpaired) electrons. The standard InChI is InChI=1S/C14H22FNO2/c1-10(2)18-14-11(6-4-5-7-16)8-12(15)9-13(14)17-3/h8-10H,4-7,16H2,1-3H3. The second kappa shape index (κ2) is 7.21. The van der Waals surface area contributed by atoms with Crippen molar-refractivity contribution in [3.63, 3.8) is 0 Å². The Labute approximate surface area is 108 Å². The molecule has 0 aliphatic carbocycles. The van der Waals surface area contributed by atoms with E-state index in [9.17, 15) is 4.39 Å². The van der Waals surface area contributed by atoms with Gasteiger partial charge in [0.05, 0.1) is 13.2 Å². The molecule has 102 valence electrons. The zero-order chi connectivity index (χ0) is 13.5. The van der Waals surface area contributed by atoms with E-state index in [1.165, 1.54) is 19.2 Å². The number of hydrogen-bond acceptors (Lipinski definition) is 3. The third-order valence-electron chi connectivity index (χ3n) is 2.57. The summed E-state index contributed by atoms with van der Waals surface area (Å²) in [6, 6.07) is 2.86. The first-order valence-corrected chi connectivity index (χ1v) is 6.31. The molecule has 0 saturated carbocycles. The number of halogens is 1. The average molecular weight is 255 g/mol. The van der Waals surface area contributed by atoms with Gasteiger partial charge in [-0.15, -0.1) is 0 Å². The first-order valence-electron chi connectivity index (χ1n) is 6.31. The molecule has 0 aliphatic heterocycles. The zero-order valence-electron chi connectivity index (χ0n) is 11.3. The molecule has 0 fully saturated rings. The van der Waals surface area contributed by atoms with Crippen LogP contribution in [0, 0.1) is 5.82 Å². The van der Waals surface area contributed by atoms with Gasteiger partial charge in [0, 0.05) is 11.6 Å². The van der Waals surface area contributed by atoms with Gasteiger partial charge >= 0.3 is 0 Å². The second-order valence-corrected chi connectivity index (χ2v) is 4.51. The molecule has 0 aliphatic rings. The number of nitrogens with two attached hydrogens (primary N) is 1. The number of methoxy groups -OCH3 is 1. The summed E-state index contributed by atoms with van der Waals surface area (Å²) in [5, 5.41) is 0. The smallest absolute Gasteiger partial charge is 0.164 e. The molecule has 0 atom stereocenters. The molecule has 0 aromatic heterocycles. The van der Waals surface area contributed by atoms with Crippen LogP contribution in [-0.2, 0) is 6.42 Å². The van der Waals surface area contributed by atoms with Crippen LogP contribution in [0.4, 0.5) is 4.39 Å². The molecule has 0 unspecified atom stereocenters. The molecule has 1 rings (SSSR count). The van der Waals surface area contributed by atoms with Gasteiger partial charge in [-0.1, -0.05) is 0 Å². The Morgan fingerprint density at radius 3 is 2.56 bits per heavy atom. The third kappa shape index (κ3) is 4.18. The van der Waals surface area contributed by atoms with E-state index in [4.69, 9.17) is 15.2 Å². The summed E-state index contributed by atoms with van der Waals surface area (Å²) in [5.74, 6) is 0.795. The van der Waals surface area contributed by atoms with Gasteiger partial charge in [-0.3, -0.25) is 0 Å². The number of unbranched alkanes of at least 4 members (excludes halogenated alkanes) is 1. The van der Waals surface area contributed by atoms with Crippen molar-refractivity contribution < 1.29 is 13.9 Å². The maximum atomic E-state index is 13.5. The minimum absolute atomic E-state index is 0.0256. The Bertz CT molecular complexity index is 380. The molecule has 0 heterocycles. The van der Waals surface area contributed by atoms with Gasteiger partial charge in [0.25, 0.3) is 0 Å². The van der Waals surface area contributed by atoms with Crippen LogP contribution in [0.5, 0.6) is 11.5 Å². The van der Waals surface area contributed by atoms with Crippen molar-refractivity contribution in [1.82, 2.24) is 0 Å². The highest BCUT2D eigenvalue weighted by molar-refractivity contribution is 5.47. The Morgan fingerprint density at radius 2 is 2.00 bits per heavy atom. The maximum Gasteiger partial charge on any atom is 0.164 e. The van der Waals surface area contributed by atoms with E-state index in [-0.39, 0.29) is 11.9 Å². The summed E-state index contributed by atoms with van der Waals surface area (Å²) in [7, 11) is 1.52. The summed E-state index contributed by atoms with van der Waals surface area (Å²) >= 11 is 0. The van der Waals surface area contributed by atoms with Crippen LogP contribution < -0.4 is 15.2 Å². The van der Waals surface area contributed by atoms with Crippen molar-refractivity contribution in [2.24, 2.45) is 5.73 Å². The predicted octanol–water partition coefficient (Wildman–Crippen LogP) is 2.90. The monoisotopic (exact) mass is 255 g/mol. The van der Waals surface area contributed by atoms with Gasteiger partial charge in [0.1, 0.15) is 5.82 Å². The first kappa shape index (κ1) is 14.8. The van der Waals surface area contributed by atoms with Crippen LogP contribution in [0.15, 0.2) is 12.1 Å². The molecule has 2 N–H and O–H groups in total. The molecule has 1 aromatic rings. The van der Waals surface area contributed by atoms with Crippen LogP contribution in [-0.4, -0.2) is 19.8 Å². The molecule has 1 aromatic carbocycles. The Hall–Kier alpha value is -1.29.